The van der Waals surface area contributed by atoms with E-state index in [1.807, 2.05) is 38.1 Å². The van der Waals surface area contributed by atoms with Crippen molar-refractivity contribution < 1.29 is 32.7 Å². The number of benzene rings is 3. The minimum atomic E-state index is -4.82. The number of alkyl halides is 3. The molecule has 2 aliphatic rings. The van der Waals surface area contributed by atoms with Crippen molar-refractivity contribution in [3.8, 4) is 5.75 Å². The number of aromatic nitrogens is 1. The lowest BCUT2D eigenvalue weighted by atomic mass is 9.83. The quantitative estimate of drug-likeness (QED) is 0.176. The monoisotopic (exact) mass is 682 g/mol. The number of rotatable bonds is 8. The number of anilines is 3. The summed E-state index contributed by atoms with van der Waals surface area (Å²) in [5.41, 5.74) is 0.274. The predicted octanol–water partition coefficient (Wildman–Crippen LogP) is 5.91. The molecule has 3 atom stereocenters. The molecule has 0 unspecified atom stereocenters. The zero-order valence-electron chi connectivity index (χ0n) is 25.2. The van der Waals surface area contributed by atoms with Crippen LogP contribution in [0.5, 0.6) is 5.75 Å². The summed E-state index contributed by atoms with van der Waals surface area (Å²) in [7, 11) is 0. The summed E-state index contributed by atoms with van der Waals surface area (Å²) >= 11 is 1.77. The van der Waals surface area contributed by atoms with Gasteiger partial charge in [0, 0.05) is 35.3 Å². The molecule has 6 rings (SSSR count). The van der Waals surface area contributed by atoms with Crippen molar-refractivity contribution >= 4 is 57.9 Å². The number of hydrogen-bond donors (Lipinski definition) is 2. The van der Waals surface area contributed by atoms with E-state index in [1.165, 1.54) is 41.0 Å². The van der Waals surface area contributed by atoms with Crippen molar-refractivity contribution in [3.05, 3.63) is 98.5 Å². The minimum absolute atomic E-state index is 0.0101. The zero-order valence-corrected chi connectivity index (χ0v) is 26.8. The van der Waals surface area contributed by atoms with Gasteiger partial charge in [-0.15, -0.1) is 0 Å². The Kier molecular flexibility index (Phi) is 8.66. The highest BCUT2D eigenvalue weighted by Gasteiger charge is 2.57. The van der Waals surface area contributed by atoms with Gasteiger partial charge in [-0.2, -0.15) is 13.2 Å². The molecule has 3 amide bonds. The molecule has 0 bridgehead atoms. The SMILES string of the molecule is CCN(CC)c1ccc([C@@H]2c3sc(=O)n(CC(=O)Nc4ccc(O)cc4)c3S[C@H]3C(=O)N(c4ccccc4C(F)(F)F)C(=O)[C@@H]23)cc1. The normalized spacial score (nSPS) is 19.0. The van der Waals surface area contributed by atoms with Crippen LogP contribution in [-0.2, 0) is 27.1 Å². The highest BCUT2D eigenvalue weighted by atomic mass is 32.2. The van der Waals surface area contributed by atoms with Gasteiger partial charge in [0.25, 0.3) is 0 Å². The number of fused-ring (bicyclic) bond motifs is 2. The summed E-state index contributed by atoms with van der Waals surface area (Å²) in [5, 5.41) is 11.4. The second kappa shape index (κ2) is 12.6. The smallest absolute Gasteiger partial charge is 0.418 e. The van der Waals surface area contributed by atoms with Gasteiger partial charge in [-0.05, 0) is 67.9 Å². The van der Waals surface area contributed by atoms with Crippen molar-refractivity contribution in [1.29, 1.82) is 0 Å². The lowest BCUT2D eigenvalue weighted by Crippen LogP contribution is -2.33. The maximum Gasteiger partial charge on any atom is 0.418 e. The Morgan fingerprint density at radius 2 is 1.60 bits per heavy atom. The molecule has 0 radical (unpaired) electrons. The van der Waals surface area contributed by atoms with Crippen LogP contribution >= 0.6 is 23.1 Å². The molecular weight excluding hydrogens is 654 g/mol. The summed E-state index contributed by atoms with van der Waals surface area (Å²) in [6, 6.07) is 17.6. The summed E-state index contributed by atoms with van der Waals surface area (Å²) in [6.07, 6.45) is -4.82. The van der Waals surface area contributed by atoms with E-state index in [4.69, 9.17) is 0 Å². The van der Waals surface area contributed by atoms with E-state index in [1.54, 1.807) is 0 Å². The Morgan fingerprint density at radius 1 is 0.936 bits per heavy atom. The second-order valence-corrected chi connectivity index (χ2v) is 13.2. The van der Waals surface area contributed by atoms with Gasteiger partial charge < -0.3 is 15.3 Å². The zero-order chi connectivity index (χ0) is 33.6. The molecular formula is C33H29F3N4O5S2. The fourth-order valence-corrected chi connectivity index (χ4v) is 8.90. The number of imide groups is 1. The number of halogens is 3. The third-order valence-corrected chi connectivity index (χ3v) is 10.9. The molecule has 1 saturated heterocycles. The Labute approximate surface area is 275 Å². The van der Waals surface area contributed by atoms with Gasteiger partial charge in [0.05, 0.1) is 22.2 Å². The largest absolute Gasteiger partial charge is 0.508 e. The number of thioether (sulfide) groups is 1. The summed E-state index contributed by atoms with van der Waals surface area (Å²) in [4.78, 5) is 57.3. The minimum Gasteiger partial charge on any atom is -0.508 e. The molecule has 2 aliphatic heterocycles. The van der Waals surface area contributed by atoms with E-state index < -0.39 is 63.7 Å². The summed E-state index contributed by atoms with van der Waals surface area (Å²) < 4.78 is 43.4. The van der Waals surface area contributed by atoms with Crippen LogP contribution < -0.4 is 20.0 Å². The fraction of sp³-hybridized carbons (Fsp3) is 0.273. The molecule has 1 fully saturated rings. The van der Waals surface area contributed by atoms with E-state index in [0.717, 1.165) is 54.0 Å². The first-order valence-corrected chi connectivity index (χ1v) is 16.5. The number of aromatic hydroxyl groups is 1. The van der Waals surface area contributed by atoms with Crippen LogP contribution in [0.1, 0.15) is 35.8 Å². The first-order chi connectivity index (χ1) is 22.4. The van der Waals surface area contributed by atoms with Gasteiger partial charge in [-0.3, -0.25) is 23.7 Å². The Bertz CT molecular complexity index is 1900. The first-order valence-electron chi connectivity index (χ1n) is 14.8. The molecule has 0 spiro atoms. The molecule has 9 nitrogen and oxygen atoms in total. The third-order valence-electron chi connectivity index (χ3n) is 8.33. The number of nitrogens with zero attached hydrogens (tertiary/aromatic N) is 3. The number of nitrogens with one attached hydrogen (secondary N) is 1. The van der Waals surface area contributed by atoms with Crippen LogP contribution in [0, 0.1) is 5.92 Å². The van der Waals surface area contributed by atoms with Crippen LogP contribution in [-0.4, -0.2) is 45.7 Å². The van der Waals surface area contributed by atoms with Crippen molar-refractivity contribution in [1.82, 2.24) is 4.57 Å². The van der Waals surface area contributed by atoms with Crippen LogP contribution in [0.4, 0.5) is 30.2 Å². The van der Waals surface area contributed by atoms with Crippen LogP contribution in [0.25, 0.3) is 0 Å². The molecule has 2 N–H and O–H groups in total. The molecule has 4 aromatic rings. The van der Waals surface area contributed by atoms with Crippen molar-refractivity contribution in [2.75, 3.05) is 28.2 Å². The van der Waals surface area contributed by atoms with Crippen molar-refractivity contribution in [3.63, 3.8) is 0 Å². The van der Waals surface area contributed by atoms with Crippen molar-refractivity contribution in [2.45, 2.75) is 42.8 Å². The average molecular weight is 683 g/mol. The van der Waals surface area contributed by atoms with Gasteiger partial charge in [-0.1, -0.05) is 47.4 Å². The maximum atomic E-state index is 14.1. The number of carbonyl (C=O) groups is 3. The van der Waals surface area contributed by atoms with E-state index in [0.29, 0.717) is 26.1 Å². The Morgan fingerprint density at radius 3 is 2.23 bits per heavy atom. The maximum absolute atomic E-state index is 14.1. The van der Waals surface area contributed by atoms with Crippen LogP contribution in [0.15, 0.2) is 82.6 Å². The van der Waals surface area contributed by atoms with Crippen molar-refractivity contribution in [2.24, 2.45) is 5.92 Å². The Hall–Kier alpha value is -4.56. The lowest BCUT2D eigenvalue weighted by Gasteiger charge is -2.31. The average Bonchev–Trinajstić information content (AvgIpc) is 3.48. The number of carbonyl (C=O) groups excluding carboxylic acids is 3. The first kappa shape index (κ1) is 32.4. The molecule has 3 heterocycles. The van der Waals surface area contributed by atoms with E-state index >= 15 is 0 Å². The van der Waals surface area contributed by atoms with E-state index in [-0.39, 0.29) is 5.75 Å². The van der Waals surface area contributed by atoms with Gasteiger partial charge in [0.2, 0.25) is 17.7 Å². The predicted molar refractivity (Wildman–Crippen MR) is 174 cm³/mol. The van der Waals surface area contributed by atoms with Gasteiger partial charge >= 0.3 is 11.0 Å². The lowest BCUT2D eigenvalue weighted by molar-refractivity contribution is -0.137. The van der Waals surface area contributed by atoms with E-state index in [2.05, 4.69) is 10.2 Å². The molecule has 1 aromatic heterocycles. The number of para-hydroxylation sites is 1. The molecule has 0 saturated carbocycles. The molecule has 47 heavy (non-hydrogen) atoms. The van der Waals surface area contributed by atoms with E-state index in [9.17, 15) is 37.5 Å². The summed E-state index contributed by atoms with van der Waals surface area (Å²) in [6.45, 7) is 5.12. The number of amides is 3. The number of hydrogen-bond acceptors (Lipinski definition) is 8. The topological polar surface area (TPSA) is 112 Å². The number of thiazole rings is 1. The second-order valence-electron chi connectivity index (χ2n) is 11.1. The number of phenolic OH excluding ortho intramolecular Hbond substituents is 1. The van der Waals surface area contributed by atoms with Gasteiger partial charge in [-0.25, -0.2) is 4.90 Å². The highest BCUT2D eigenvalue weighted by Crippen LogP contribution is 2.54. The standard InChI is InChI=1S/C33H29F3N4O5S2/c1-3-38(4-2)20-13-9-18(10-14-20)25-26-27(30(44)40(29(26)43)23-8-6-5-7-22(23)33(34,35)36)46-31-28(25)47-32(45)39(31)17-24(42)37-19-11-15-21(41)16-12-19/h5-16,25-27,41H,3-4,17H2,1-2H3,(H,37,42)/t25-,26-,27+/m0/s1. The van der Waals surface area contributed by atoms with Gasteiger partial charge in [0.1, 0.15) is 17.5 Å². The molecule has 244 valence electrons. The fourth-order valence-electron chi connectivity index (χ4n) is 6.13. The third kappa shape index (κ3) is 5.91. The Balaban J connectivity index is 1.43. The molecule has 14 heteroatoms. The molecule has 3 aromatic carbocycles. The van der Waals surface area contributed by atoms with Crippen LogP contribution in [0.2, 0.25) is 0 Å². The highest BCUT2D eigenvalue weighted by molar-refractivity contribution is 8.00. The van der Waals surface area contributed by atoms with Gasteiger partial charge in [0.15, 0.2) is 0 Å². The van der Waals surface area contributed by atoms with Crippen LogP contribution in [0.3, 0.4) is 0 Å². The summed E-state index contributed by atoms with van der Waals surface area (Å²) in [5.74, 6) is -4.08. The molecule has 0 aliphatic carbocycles. The number of phenols is 1.